The quantitative estimate of drug-likeness (QED) is 0.739. The first-order chi connectivity index (χ1) is 11.0. The van der Waals surface area contributed by atoms with Crippen LogP contribution < -0.4 is 10.5 Å². The van der Waals surface area contributed by atoms with Crippen molar-refractivity contribution in [1.82, 2.24) is 29.2 Å². The van der Waals surface area contributed by atoms with E-state index in [0.29, 0.717) is 22.5 Å². The molecule has 3 rings (SSSR count). The summed E-state index contributed by atoms with van der Waals surface area (Å²) in [5.41, 5.74) is 1.64. The number of rotatable bonds is 5. The minimum absolute atomic E-state index is 0.179. The van der Waals surface area contributed by atoms with Crippen LogP contribution in [0.15, 0.2) is 17.3 Å². The Morgan fingerprint density at radius 1 is 1.17 bits per heavy atom. The number of hydrogen-bond donors (Lipinski definition) is 1. The third kappa shape index (κ3) is 2.65. The molecule has 122 valence electrons. The molecular formula is C15H21N7O. The van der Waals surface area contributed by atoms with Gasteiger partial charge in [0.15, 0.2) is 11.5 Å². The minimum Gasteiger partial charge on any atom is -0.357 e. The van der Waals surface area contributed by atoms with Crippen molar-refractivity contribution < 1.29 is 0 Å². The van der Waals surface area contributed by atoms with Gasteiger partial charge in [0.05, 0.1) is 6.20 Å². The number of fused-ring (bicyclic) bond motifs is 3. The summed E-state index contributed by atoms with van der Waals surface area (Å²) in [6.45, 7) is 3.69. The number of aromatic amines is 1. The van der Waals surface area contributed by atoms with Gasteiger partial charge in [-0.2, -0.15) is 0 Å². The second-order valence-electron chi connectivity index (χ2n) is 5.82. The van der Waals surface area contributed by atoms with Gasteiger partial charge in [0.25, 0.3) is 5.56 Å². The van der Waals surface area contributed by atoms with Crippen LogP contribution in [-0.2, 0) is 6.42 Å². The van der Waals surface area contributed by atoms with Gasteiger partial charge in [0, 0.05) is 26.6 Å². The number of aromatic nitrogens is 5. The number of likely N-dealkylation sites (N-methyl/N-ethyl adjacent to an activating group) is 2. The van der Waals surface area contributed by atoms with Crippen molar-refractivity contribution in [3.05, 3.63) is 28.7 Å². The molecular weight excluding hydrogens is 294 g/mol. The fraction of sp³-hybridized carbons (Fsp3) is 0.467. The molecule has 3 heterocycles. The molecule has 23 heavy (non-hydrogen) atoms. The number of nitrogens with one attached hydrogen (secondary N) is 1. The first-order valence-electron chi connectivity index (χ1n) is 7.62. The topological polar surface area (TPSA) is 82.4 Å². The van der Waals surface area contributed by atoms with Crippen LogP contribution in [0.2, 0.25) is 0 Å². The Balaban J connectivity index is 2.21. The molecule has 3 aromatic heterocycles. The predicted molar refractivity (Wildman–Crippen MR) is 90.1 cm³/mol. The Hall–Kier alpha value is -2.48. The lowest BCUT2D eigenvalue weighted by atomic mass is 10.3. The van der Waals surface area contributed by atoms with Crippen molar-refractivity contribution >= 4 is 22.5 Å². The molecule has 0 spiro atoms. The molecule has 0 bridgehead atoms. The summed E-state index contributed by atoms with van der Waals surface area (Å²) in [5, 5.41) is 0. The maximum absolute atomic E-state index is 12.4. The van der Waals surface area contributed by atoms with Gasteiger partial charge in [0.1, 0.15) is 23.2 Å². The van der Waals surface area contributed by atoms with Crippen LogP contribution >= 0.6 is 0 Å². The first-order valence-corrected chi connectivity index (χ1v) is 7.62. The van der Waals surface area contributed by atoms with E-state index in [4.69, 9.17) is 0 Å². The molecule has 0 aliphatic carbocycles. The molecule has 0 aromatic carbocycles. The number of aryl methyl sites for hydroxylation is 1. The van der Waals surface area contributed by atoms with Crippen molar-refractivity contribution in [3.8, 4) is 0 Å². The molecule has 3 aromatic rings. The van der Waals surface area contributed by atoms with E-state index in [-0.39, 0.29) is 5.56 Å². The van der Waals surface area contributed by atoms with Gasteiger partial charge in [-0.3, -0.25) is 9.20 Å². The highest BCUT2D eigenvalue weighted by atomic mass is 16.1. The summed E-state index contributed by atoms with van der Waals surface area (Å²) in [5.74, 6) is 1.53. The van der Waals surface area contributed by atoms with Gasteiger partial charge in [-0.1, -0.05) is 6.92 Å². The zero-order chi connectivity index (χ0) is 16.6. The van der Waals surface area contributed by atoms with Crippen LogP contribution in [0.1, 0.15) is 12.7 Å². The van der Waals surface area contributed by atoms with Crippen LogP contribution in [-0.4, -0.2) is 63.5 Å². The maximum Gasteiger partial charge on any atom is 0.274 e. The summed E-state index contributed by atoms with van der Waals surface area (Å²) in [6.07, 6.45) is 3.85. The number of H-pyrrole nitrogens is 1. The lowest BCUT2D eigenvalue weighted by Gasteiger charge is -2.21. The lowest BCUT2D eigenvalue weighted by Crippen LogP contribution is -2.29. The molecule has 8 heteroatoms. The maximum atomic E-state index is 12.4. The minimum atomic E-state index is -0.179. The van der Waals surface area contributed by atoms with E-state index in [1.54, 1.807) is 6.20 Å². The Labute approximate surface area is 133 Å². The van der Waals surface area contributed by atoms with Gasteiger partial charge in [-0.15, -0.1) is 0 Å². The fourth-order valence-electron chi connectivity index (χ4n) is 2.61. The molecule has 0 radical (unpaired) electrons. The molecule has 0 fully saturated rings. The van der Waals surface area contributed by atoms with Crippen molar-refractivity contribution in [2.45, 2.75) is 13.3 Å². The molecule has 0 amide bonds. The van der Waals surface area contributed by atoms with E-state index in [1.807, 2.05) is 37.4 Å². The molecule has 0 saturated carbocycles. The lowest BCUT2D eigenvalue weighted by molar-refractivity contribution is 0.416. The highest BCUT2D eigenvalue weighted by molar-refractivity contribution is 5.84. The van der Waals surface area contributed by atoms with E-state index in [1.165, 1.54) is 6.33 Å². The molecule has 0 saturated heterocycles. The van der Waals surface area contributed by atoms with Crippen molar-refractivity contribution in [3.63, 3.8) is 0 Å². The first kappa shape index (κ1) is 15.4. The van der Waals surface area contributed by atoms with Crippen LogP contribution in [0.3, 0.4) is 0 Å². The number of nitrogens with zero attached hydrogens (tertiary/aromatic N) is 6. The second kappa shape index (κ2) is 5.96. The summed E-state index contributed by atoms with van der Waals surface area (Å²) >= 11 is 0. The molecule has 0 aliphatic heterocycles. The van der Waals surface area contributed by atoms with Crippen molar-refractivity contribution in [2.75, 3.05) is 39.1 Å². The van der Waals surface area contributed by atoms with Crippen LogP contribution in [0.25, 0.3) is 16.7 Å². The highest BCUT2D eigenvalue weighted by Crippen LogP contribution is 2.20. The Morgan fingerprint density at radius 3 is 2.65 bits per heavy atom. The normalized spacial score (nSPS) is 11.7. The molecule has 0 atom stereocenters. The second-order valence-corrected chi connectivity index (χ2v) is 5.82. The number of imidazole rings is 1. The summed E-state index contributed by atoms with van der Waals surface area (Å²) in [6, 6.07) is 0. The standard InChI is InChI=1S/C15H21N7O/c1-5-11-16-8-10-15(23)19-12-13(21(4)7-6-20(2)3)17-9-18-14(12)22(10)11/h8-9H,5-7H2,1-4H3,(H,19,23). The van der Waals surface area contributed by atoms with Crippen LogP contribution in [0, 0.1) is 0 Å². The summed E-state index contributed by atoms with van der Waals surface area (Å²) < 4.78 is 1.82. The molecule has 8 nitrogen and oxygen atoms in total. The number of anilines is 1. The third-order valence-electron chi connectivity index (χ3n) is 3.89. The zero-order valence-electron chi connectivity index (χ0n) is 13.9. The third-order valence-corrected chi connectivity index (χ3v) is 3.89. The Kier molecular flexibility index (Phi) is 3.99. The van der Waals surface area contributed by atoms with E-state index < -0.39 is 0 Å². The van der Waals surface area contributed by atoms with E-state index in [2.05, 4.69) is 24.8 Å². The summed E-state index contributed by atoms with van der Waals surface area (Å²) in [4.78, 5) is 32.5. The van der Waals surface area contributed by atoms with Crippen LogP contribution in [0.5, 0.6) is 0 Å². The number of hydrogen-bond acceptors (Lipinski definition) is 6. The van der Waals surface area contributed by atoms with Gasteiger partial charge in [-0.25, -0.2) is 15.0 Å². The van der Waals surface area contributed by atoms with Crippen molar-refractivity contribution in [2.24, 2.45) is 0 Å². The van der Waals surface area contributed by atoms with Gasteiger partial charge in [0.2, 0.25) is 0 Å². The zero-order valence-corrected chi connectivity index (χ0v) is 13.9. The van der Waals surface area contributed by atoms with Gasteiger partial charge >= 0.3 is 0 Å². The van der Waals surface area contributed by atoms with E-state index in [0.717, 1.165) is 25.3 Å². The summed E-state index contributed by atoms with van der Waals surface area (Å²) in [7, 11) is 6.01. The largest absolute Gasteiger partial charge is 0.357 e. The van der Waals surface area contributed by atoms with E-state index >= 15 is 0 Å². The molecule has 0 aliphatic rings. The predicted octanol–water partition coefficient (Wildman–Crippen LogP) is 0.526. The Bertz CT molecular complexity index is 896. The highest BCUT2D eigenvalue weighted by Gasteiger charge is 2.16. The fourth-order valence-corrected chi connectivity index (χ4v) is 2.61. The van der Waals surface area contributed by atoms with Gasteiger partial charge in [-0.05, 0) is 14.1 Å². The SMILES string of the molecule is CCc1ncc2c(=O)[nH]c3c(N(C)CCN(C)C)ncnc3n12. The molecule has 0 unspecified atom stereocenters. The monoisotopic (exact) mass is 315 g/mol. The smallest absolute Gasteiger partial charge is 0.274 e. The molecule has 1 N–H and O–H groups in total. The Morgan fingerprint density at radius 2 is 1.96 bits per heavy atom. The van der Waals surface area contributed by atoms with Crippen LogP contribution in [0.4, 0.5) is 5.82 Å². The van der Waals surface area contributed by atoms with Gasteiger partial charge < -0.3 is 14.8 Å². The average molecular weight is 315 g/mol. The average Bonchev–Trinajstić information content (AvgIpc) is 2.97. The van der Waals surface area contributed by atoms with E-state index in [9.17, 15) is 4.79 Å². The van der Waals surface area contributed by atoms with Crippen molar-refractivity contribution in [1.29, 1.82) is 0 Å².